The second-order valence-electron chi connectivity index (χ2n) is 5.89. The maximum Gasteiger partial charge on any atom is 0.283 e. The van der Waals surface area contributed by atoms with Gasteiger partial charge in [-0.2, -0.15) is 0 Å². The van der Waals surface area contributed by atoms with Gasteiger partial charge < -0.3 is 15.2 Å². The predicted octanol–water partition coefficient (Wildman–Crippen LogP) is 2.23. The fourth-order valence-electron chi connectivity index (χ4n) is 3.29. The third kappa shape index (κ3) is 1.99. The summed E-state index contributed by atoms with van der Waals surface area (Å²) in [6.45, 7) is 0.286. The molecule has 25 heavy (non-hydrogen) atoms. The standard InChI is InChI=1S/C18H13N5O2/c19-17-23-18(9-24-17)13-6-11(12-7-20-10-21-8-12)3-4-14(13)25-15-2-1-5-22-16(15)18/h1-8,10H,9H2,(H2,19,23)/t18-/m0/s1. The van der Waals surface area contributed by atoms with Crippen LogP contribution in [-0.2, 0) is 10.3 Å². The molecule has 0 radical (unpaired) electrons. The Labute approximate surface area is 143 Å². The lowest BCUT2D eigenvalue weighted by Crippen LogP contribution is -2.32. The van der Waals surface area contributed by atoms with Crippen LogP contribution in [0.5, 0.6) is 11.5 Å². The lowest BCUT2D eigenvalue weighted by molar-refractivity contribution is 0.260. The number of hydrogen-bond donors (Lipinski definition) is 1. The average Bonchev–Trinajstić information content (AvgIpc) is 3.05. The summed E-state index contributed by atoms with van der Waals surface area (Å²) in [7, 11) is 0. The molecule has 0 saturated heterocycles. The Kier molecular flexibility index (Phi) is 2.79. The summed E-state index contributed by atoms with van der Waals surface area (Å²) in [6.07, 6.45) is 6.75. The SMILES string of the molecule is NC1=N[C@@]2(CO1)c1cc(-c3cncnc3)ccc1Oc1cccnc12. The van der Waals surface area contributed by atoms with Gasteiger partial charge in [0.1, 0.15) is 24.4 Å². The summed E-state index contributed by atoms with van der Waals surface area (Å²) < 4.78 is 11.5. The van der Waals surface area contributed by atoms with E-state index >= 15 is 0 Å². The van der Waals surface area contributed by atoms with Crippen LogP contribution >= 0.6 is 0 Å². The number of aliphatic imine (C=N–C) groups is 1. The van der Waals surface area contributed by atoms with E-state index in [2.05, 4.69) is 19.9 Å². The number of pyridine rings is 1. The van der Waals surface area contributed by atoms with Gasteiger partial charge in [0.2, 0.25) is 0 Å². The van der Waals surface area contributed by atoms with E-state index < -0.39 is 5.54 Å². The van der Waals surface area contributed by atoms with E-state index in [1.807, 2.05) is 30.3 Å². The van der Waals surface area contributed by atoms with Crippen molar-refractivity contribution in [3.8, 4) is 22.6 Å². The minimum atomic E-state index is -0.806. The number of amidine groups is 1. The van der Waals surface area contributed by atoms with Gasteiger partial charge in [-0.25, -0.2) is 15.0 Å². The second kappa shape index (κ2) is 5.01. The molecule has 2 N–H and O–H groups in total. The molecule has 3 aromatic rings. The van der Waals surface area contributed by atoms with Crippen molar-refractivity contribution in [1.29, 1.82) is 0 Å². The average molecular weight is 331 g/mol. The molecular formula is C18H13N5O2. The quantitative estimate of drug-likeness (QED) is 0.734. The third-order valence-corrected chi connectivity index (χ3v) is 4.43. The maximum atomic E-state index is 6.03. The Morgan fingerprint density at radius 3 is 2.72 bits per heavy atom. The van der Waals surface area contributed by atoms with Crippen molar-refractivity contribution in [1.82, 2.24) is 15.0 Å². The van der Waals surface area contributed by atoms with Crippen molar-refractivity contribution in [2.75, 3.05) is 6.61 Å². The van der Waals surface area contributed by atoms with Crippen LogP contribution in [0, 0.1) is 0 Å². The lowest BCUT2D eigenvalue weighted by Gasteiger charge is -2.32. The molecule has 5 rings (SSSR count). The molecule has 7 nitrogen and oxygen atoms in total. The van der Waals surface area contributed by atoms with Crippen LogP contribution in [0.25, 0.3) is 11.1 Å². The molecule has 2 aliphatic rings. The molecule has 2 aromatic heterocycles. The van der Waals surface area contributed by atoms with E-state index in [-0.39, 0.29) is 12.6 Å². The first kappa shape index (κ1) is 13.9. The molecule has 0 saturated carbocycles. The first-order chi connectivity index (χ1) is 12.3. The van der Waals surface area contributed by atoms with E-state index in [0.717, 1.165) is 16.7 Å². The van der Waals surface area contributed by atoms with Crippen molar-refractivity contribution < 1.29 is 9.47 Å². The van der Waals surface area contributed by atoms with Crippen molar-refractivity contribution >= 4 is 6.02 Å². The molecule has 0 fully saturated rings. The van der Waals surface area contributed by atoms with Crippen LogP contribution in [0.3, 0.4) is 0 Å². The molecule has 2 aliphatic heterocycles. The van der Waals surface area contributed by atoms with E-state index in [4.69, 9.17) is 15.2 Å². The zero-order valence-electron chi connectivity index (χ0n) is 13.1. The minimum Gasteiger partial charge on any atom is -0.462 e. The van der Waals surface area contributed by atoms with Gasteiger partial charge in [-0.15, -0.1) is 0 Å². The van der Waals surface area contributed by atoms with Gasteiger partial charge in [-0.1, -0.05) is 6.07 Å². The number of rotatable bonds is 1. The highest BCUT2D eigenvalue weighted by molar-refractivity contribution is 5.77. The molecular weight excluding hydrogens is 318 g/mol. The normalized spacial score (nSPS) is 20.2. The van der Waals surface area contributed by atoms with Crippen LogP contribution in [0.15, 0.2) is 60.2 Å². The van der Waals surface area contributed by atoms with Gasteiger partial charge in [0.15, 0.2) is 11.3 Å². The zero-order valence-corrected chi connectivity index (χ0v) is 13.1. The van der Waals surface area contributed by atoms with E-state index in [0.29, 0.717) is 17.2 Å². The van der Waals surface area contributed by atoms with E-state index in [1.165, 1.54) is 6.33 Å². The zero-order chi connectivity index (χ0) is 16.9. The Hall–Kier alpha value is -3.48. The summed E-state index contributed by atoms with van der Waals surface area (Å²) in [6, 6.07) is 9.75. The van der Waals surface area contributed by atoms with Gasteiger partial charge in [-0.05, 0) is 29.8 Å². The van der Waals surface area contributed by atoms with Crippen LogP contribution in [-0.4, -0.2) is 27.6 Å². The summed E-state index contributed by atoms with van der Waals surface area (Å²) in [5.74, 6) is 1.37. The number of fused-ring (bicyclic) bond motifs is 4. The highest BCUT2D eigenvalue weighted by Crippen LogP contribution is 2.50. The van der Waals surface area contributed by atoms with Gasteiger partial charge in [0.25, 0.3) is 6.02 Å². The summed E-state index contributed by atoms with van der Waals surface area (Å²) in [5, 5.41) is 0. The monoisotopic (exact) mass is 331 g/mol. The summed E-state index contributed by atoms with van der Waals surface area (Å²) >= 11 is 0. The van der Waals surface area contributed by atoms with Crippen molar-refractivity contribution in [3.63, 3.8) is 0 Å². The van der Waals surface area contributed by atoms with Crippen molar-refractivity contribution in [3.05, 3.63) is 66.5 Å². The topological polar surface area (TPSA) is 95.5 Å². The maximum absolute atomic E-state index is 6.03. The van der Waals surface area contributed by atoms with Crippen LogP contribution in [0.1, 0.15) is 11.3 Å². The number of nitrogens with zero attached hydrogens (tertiary/aromatic N) is 4. The van der Waals surface area contributed by atoms with Crippen LogP contribution in [0.2, 0.25) is 0 Å². The highest BCUT2D eigenvalue weighted by atomic mass is 16.5. The predicted molar refractivity (Wildman–Crippen MR) is 90.1 cm³/mol. The van der Waals surface area contributed by atoms with Gasteiger partial charge in [0, 0.05) is 29.7 Å². The molecule has 1 aromatic carbocycles. The fourth-order valence-corrected chi connectivity index (χ4v) is 3.29. The van der Waals surface area contributed by atoms with Gasteiger partial charge >= 0.3 is 0 Å². The number of hydrogen-bond acceptors (Lipinski definition) is 7. The number of ether oxygens (including phenoxy) is 2. The lowest BCUT2D eigenvalue weighted by atomic mass is 9.83. The highest BCUT2D eigenvalue weighted by Gasteiger charge is 2.48. The minimum absolute atomic E-state index is 0.151. The third-order valence-electron chi connectivity index (χ3n) is 4.43. The molecule has 122 valence electrons. The Morgan fingerprint density at radius 1 is 1.04 bits per heavy atom. The second-order valence-corrected chi connectivity index (χ2v) is 5.89. The molecule has 0 unspecified atom stereocenters. The van der Waals surface area contributed by atoms with E-state index in [9.17, 15) is 0 Å². The fraction of sp³-hybridized carbons (Fsp3) is 0.111. The smallest absolute Gasteiger partial charge is 0.283 e. The number of benzene rings is 1. The molecule has 0 amide bonds. The Bertz CT molecular complexity index is 1010. The molecule has 0 aliphatic carbocycles. The number of aromatic nitrogens is 3. The molecule has 7 heteroatoms. The van der Waals surface area contributed by atoms with Crippen molar-refractivity contribution in [2.24, 2.45) is 10.7 Å². The molecule has 0 bridgehead atoms. The van der Waals surface area contributed by atoms with E-state index in [1.54, 1.807) is 18.6 Å². The number of nitrogens with two attached hydrogens (primary N) is 1. The largest absolute Gasteiger partial charge is 0.462 e. The summed E-state index contributed by atoms with van der Waals surface area (Å²) in [5.41, 5.74) is 8.46. The van der Waals surface area contributed by atoms with Crippen LogP contribution < -0.4 is 10.5 Å². The first-order valence-electron chi connectivity index (χ1n) is 7.78. The molecule has 1 spiro atoms. The first-order valence-corrected chi connectivity index (χ1v) is 7.78. The Balaban J connectivity index is 1.75. The van der Waals surface area contributed by atoms with Gasteiger partial charge in [0.05, 0.1) is 0 Å². The molecule has 1 atom stereocenters. The van der Waals surface area contributed by atoms with Crippen molar-refractivity contribution in [2.45, 2.75) is 5.54 Å². The summed E-state index contributed by atoms with van der Waals surface area (Å²) in [4.78, 5) is 17.3. The molecule has 4 heterocycles. The van der Waals surface area contributed by atoms with Crippen LogP contribution in [0.4, 0.5) is 0 Å². The Morgan fingerprint density at radius 2 is 1.92 bits per heavy atom. The van der Waals surface area contributed by atoms with Gasteiger partial charge in [-0.3, -0.25) is 4.98 Å².